The number of rotatable bonds is 6. The monoisotopic (exact) mass is 336 g/mol. The molecule has 0 saturated carbocycles. The summed E-state index contributed by atoms with van der Waals surface area (Å²) in [5.74, 6) is 0.465. The van der Waals surface area contributed by atoms with Gasteiger partial charge in [0.2, 0.25) is 0 Å². The van der Waals surface area contributed by atoms with Gasteiger partial charge in [-0.25, -0.2) is 0 Å². The number of nitrogens with one attached hydrogen (secondary N) is 1. The van der Waals surface area contributed by atoms with Crippen LogP contribution < -0.4 is 10.1 Å². The van der Waals surface area contributed by atoms with Crippen LogP contribution >= 0.6 is 23.8 Å². The lowest BCUT2D eigenvalue weighted by Crippen LogP contribution is -2.31. The zero-order chi connectivity index (χ0) is 16.1. The number of halogens is 1. The Kier molecular flexibility index (Phi) is 5.57. The van der Waals surface area contributed by atoms with Crippen LogP contribution in [0, 0.1) is 0 Å². The number of carbonyl (C=O) groups excluding carboxylic acids is 1. The second-order valence-electron chi connectivity index (χ2n) is 4.73. The zero-order valence-electron chi connectivity index (χ0n) is 12.3. The van der Waals surface area contributed by atoms with E-state index >= 15 is 0 Å². The number of carbonyl (C=O) groups is 1. The summed E-state index contributed by atoms with van der Waals surface area (Å²) in [6.07, 6.45) is 4.23. The number of hydrogen-bond acceptors (Lipinski definition) is 3. The molecule has 2 rings (SSSR count). The molecule has 116 valence electrons. The third-order valence-electron chi connectivity index (χ3n) is 3.03. The molecule has 0 spiro atoms. The van der Waals surface area contributed by atoms with Crippen molar-refractivity contribution >= 4 is 40.9 Å². The van der Waals surface area contributed by atoms with Crippen molar-refractivity contribution in [1.29, 1.82) is 0 Å². The van der Waals surface area contributed by atoms with E-state index in [1.54, 1.807) is 29.2 Å². The number of thiocarbonyl (C=S) groups is 1. The molecule has 1 saturated heterocycles. The van der Waals surface area contributed by atoms with Gasteiger partial charge >= 0.3 is 0 Å². The molecule has 1 amide bonds. The van der Waals surface area contributed by atoms with Crippen LogP contribution in [0.4, 0.5) is 0 Å². The van der Waals surface area contributed by atoms with Crippen LogP contribution in [-0.2, 0) is 4.79 Å². The van der Waals surface area contributed by atoms with E-state index in [0.29, 0.717) is 34.7 Å². The van der Waals surface area contributed by atoms with E-state index in [4.69, 9.17) is 28.6 Å². The van der Waals surface area contributed by atoms with Gasteiger partial charge in [0.15, 0.2) is 5.11 Å². The van der Waals surface area contributed by atoms with Crippen molar-refractivity contribution in [3.8, 4) is 5.75 Å². The van der Waals surface area contributed by atoms with E-state index in [1.165, 1.54) is 0 Å². The van der Waals surface area contributed by atoms with Crippen molar-refractivity contribution < 1.29 is 9.53 Å². The van der Waals surface area contributed by atoms with Crippen LogP contribution in [0.2, 0.25) is 5.02 Å². The molecular formula is C16H17ClN2O2S. The molecule has 0 atom stereocenters. The molecule has 22 heavy (non-hydrogen) atoms. The average molecular weight is 337 g/mol. The molecule has 1 aliphatic heterocycles. The molecule has 1 aromatic carbocycles. The topological polar surface area (TPSA) is 41.6 Å². The van der Waals surface area contributed by atoms with Gasteiger partial charge in [-0.15, -0.1) is 0 Å². The van der Waals surface area contributed by atoms with Crippen molar-refractivity contribution in [3.05, 3.63) is 47.1 Å². The zero-order valence-corrected chi connectivity index (χ0v) is 13.8. The Labute approximate surface area is 140 Å². The maximum Gasteiger partial charge on any atom is 0.276 e. The van der Waals surface area contributed by atoms with Crippen LogP contribution in [0.15, 0.2) is 36.6 Å². The fourth-order valence-corrected chi connectivity index (χ4v) is 2.57. The third-order valence-corrected chi connectivity index (χ3v) is 3.65. The minimum atomic E-state index is -0.116. The van der Waals surface area contributed by atoms with Gasteiger partial charge in [0.25, 0.3) is 5.91 Å². The van der Waals surface area contributed by atoms with Gasteiger partial charge in [0.1, 0.15) is 18.1 Å². The summed E-state index contributed by atoms with van der Waals surface area (Å²) in [6.45, 7) is 6.59. The summed E-state index contributed by atoms with van der Waals surface area (Å²) in [5, 5.41) is 3.86. The van der Waals surface area contributed by atoms with Gasteiger partial charge in [0, 0.05) is 6.54 Å². The van der Waals surface area contributed by atoms with Gasteiger partial charge in [-0.1, -0.05) is 37.2 Å². The minimum Gasteiger partial charge on any atom is -0.488 e. The Morgan fingerprint density at radius 1 is 1.50 bits per heavy atom. The lowest BCUT2D eigenvalue weighted by Gasteiger charge is -2.11. The fourth-order valence-electron chi connectivity index (χ4n) is 2.04. The standard InChI is InChI=1S/C16H17ClN2O2S/c1-3-7-19-15(20)13(18-16(19)22)10-11-5-6-14(12(17)9-11)21-8-4-2/h4-6,9-10H,2-3,7-8H2,1H3,(H,18,22)/b13-10-. The summed E-state index contributed by atoms with van der Waals surface area (Å²) in [6, 6.07) is 5.34. The molecule has 0 unspecified atom stereocenters. The highest BCUT2D eigenvalue weighted by Crippen LogP contribution is 2.27. The van der Waals surface area contributed by atoms with E-state index in [1.807, 2.05) is 13.0 Å². The summed E-state index contributed by atoms with van der Waals surface area (Å²) < 4.78 is 5.42. The second-order valence-corrected chi connectivity index (χ2v) is 5.53. The first kappa shape index (κ1) is 16.5. The molecule has 4 nitrogen and oxygen atoms in total. The summed E-state index contributed by atoms with van der Waals surface area (Å²) in [4.78, 5) is 13.8. The molecule has 1 aromatic rings. The number of hydrogen-bond donors (Lipinski definition) is 1. The minimum absolute atomic E-state index is 0.116. The van der Waals surface area contributed by atoms with E-state index in [0.717, 1.165) is 12.0 Å². The molecule has 1 heterocycles. The van der Waals surface area contributed by atoms with E-state index < -0.39 is 0 Å². The van der Waals surface area contributed by atoms with Gasteiger partial charge in [-0.05, 0) is 42.4 Å². The highest BCUT2D eigenvalue weighted by atomic mass is 35.5. The number of benzene rings is 1. The van der Waals surface area contributed by atoms with Gasteiger partial charge in [-0.2, -0.15) is 0 Å². The van der Waals surface area contributed by atoms with Crippen molar-refractivity contribution in [2.75, 3.05) is 13.2 Å². The molecule has 1 fully saturated rings. The summed E-state index contributed by atoms with van der Waals surface area (Å²) >= 11 is 11.3. The molecule has 1 aliphatic rings. The molecular weight excluding hydrogens is 320 g/mol. The van der Waals surface area contributed by atoms with E-state index in [2.05, 4.69) is 11.9 Å². The first-order valence-electron chi connectivity index (χ1n) is 6.94. The van der Waals surface area contributed by atoms with Crippen molar-refractivity contribution in [3.63, 3.8) is 0 Å². The number of nitrogens with zero attached hydrogens (tertiary/aromatic N) is 1. The van der Waals surface area contributed by atoms with E-state index in [9.17, 15) is 4.79 Å². The Bertz CT molecular complexity index is 643. The van der Waals surface area contributed by atoms with Crippen molar-refractivity contribution in [2.24, 2.45) is 0 Å². The van der Waals surface area contributed by atoms with Crippen LogP contribution in [0.3, 0.4) is 0 Å². The average Bonchev–Trinajstić information content (AvgIpc) is 2.74. The summed E-state index contributed by atoms with van der Waals surface area (Å²) in [7, 11) is 0. The number of ether oxygens (including phenoxy) is 1. The first-order valence-corrected chi connectivity index (χ1v) is 7.73. The maximum atomic E-state index is 12.2. The van der Waals surface area contributed by atoms with Gasteiger partial charge in [-0.3, -0.25) is 9.69 Å². The van der Waals surface area contributed by atoms with Crippen LogP contribution in [-0.4, -0.2) is 29.1 Å². The highest BCUT2D eigenvalue weighted by molar-refractivity contribution is 7.80. The Morgan fingerprint density at radius 3 is 2.91 bits per heavy atom. The maximum absolute atomic E-state index is 12.2. The predicted molar refractivity (Wildman–Crippen MR) is 92.9 cm³/mol. The second kappa shape index (κ2) is 7.42. The van der Waals surface area contributed by atoms with Crippen LogP contribution in [0.5, 0.6) is 5.75 Å². The molecule has 0 aliphatic carbocycles. The number of amides is 1. The molecule has 1 N–H and O–H groups in total. The molecule has 0 aromatic heterocycles. The highest BCUT2D eigenvalue weighted by Gasteiger charge is 2.29. The molecule has 0 bridgehead atoms. The van der Waals surface area contributed by atoms with Crippen LogP contribution in [0.1, 0.15) is 18.9 Å². The Hall–Kier alpha value is -1.85. The van der Waals surface area contributed by atoms with Crippen molar-refractivity contribution in [1.82, 2.24) is 10.2 Å². The fraction of sp³-hybridized carbons (Fsp3) is 0.250. The Balaban J connectivity index is 2.19. The SMILES string of the molecule is C=CCOc1ccc(/C=C2\NC(=S)N(CCC)C2=O)cc1Cl. The van der Waals surface area contributed by atoms with Crippen molar-refractivity contribution in [2.45, 2.75) is 13.3 Å². The normalized spacial score (nSPS) is 16.1. The molecule has 6 heteroatoms. The first-order chi connectivity index (χ1) is 10.6. The quantitative estimate of drug-likeness (QED) is 0.491. The predicted octanol–water partition coefficient (Wildman–Crippen LogP) is 3.37. The van der Waals surface area contributed by atoms with E-state index in [-0.39, 0.29) is 5.91 Å². The lowest BCUT2D eigenvalue weighted by atomic mass is 10.2. The van der Waals surface area contributed by atoms with Gasteiger partial charge in [0.05, 0.1) is 5.02 Å². The molecule has 0 radical (unpaired) electrons. The van der Waals surface area contributed by atoms with Crippen LogP contribution in [0.25, 0.3) is 6.08 Å². The lowest BCUT2D eigenvalue weighted by molar-refractivity contribution is -0.122. The Morgan fingerprint density at radius 2 is 2.27 bits per heavy atom. The van der Waals surface area contributed by atoms with Gasteiger partial charge < -0.3 is 10.1 Å². The smallest absolute Gasteiger partial charge is 0.276 e. The largest absolute Gasteiger partial charge is 0.488 e. The summed E-state index contributed by atoms with van der Waals surface area (Å²) in [5.41, 5.74) is 1.25. The third kappa shape index (κ3) is 3.67.